The zero-order valence-corrected chi connectivity index (χ0v) is 9.03. The molecule has 0 aromatic heterocycles. The van der Waals surface area contributed by atoms with Crippen LogP contribution in [0.3, 0.4) is 0 Å². The number of esters is 1. The number of rotatable bonds is 3. The van der Waals surface area contributed by atoms with Crippen molar-refractivity contribution in [3.63, 3.8) is 0 Å². The Kier molecular flexibility index (Phi) is 3.71. The number of carbonyl (C=O) groups is 2. The summed E-state index contributed by atoms with van der Waals surface area (Å²) in [6, 6.07) is 0. The number of ether oxygens (including phenoxy) is 1. The van der Waals surface area contributed by atoms with Crippen molar-refractivity contribution in [2.45, 2.75) is 13.8 Å². The molecule has 1 heterocycles. The van der Waals surface area contributed by atoms with Crippen molar-refractivity contribution >= 4 is 12.4 Å². The number of nitrogens with zero attached hydrogens (tertiary/aromatic N) is 1. The maximum Gasteiger partial charge on any atom is 0.336 e. The van der Waals surface area contributed by atoms with Crippen LogP contribution in [-0.4, -0.2) is 37.0 Å². The second-order valence-electron chi connectivity index (χ2n) is 3.60. The van der Waals surface area contributed by atoms with Crippen LogP contribution in [0.25, 0.3) is 0 Å². The van der Waals surface area contributed by atoms with Gasteiger partial charge in [0.1, 0.15) is 0 Å². The molecule has 1 rings (SSSR count). The minimum atomic E-state index is -0.368. The molecule has 0 aliphatic carbocycles. The van der Waals surface area contributed by atoms with Crippen LogP contribution >= 0.6 is 0 Å². The van der Waals surface area contributed by atoms with E-state index in [0.717, 1.165) is 6.41 Å². The molecule has 1 amide bonds. The summed E-state index contributed by atoms with van der Waals surface area (Å²) in [6.45, 7) is 4.76. The van der Waals surface area contributed by atoms with Gasteiger partial charge in [-0.3, -0.25) is 4.79 Å². The molecule has 84 valence electrons. The van der Waals surface area contributed by atoms with Crippen LogP contribution in [0.5, 0.6) is 0 Å². The fourth-order valence-corrected chi connectivity index (χ4v) is 1.75. The third-order valence-corrected chi connectivity index (χ3v) is 2.36. The largest absolute Gasteiger partial charge is 0.463 e. The molecule has 0 aromatic rings. The Labute approximate surface area is 88.9 Å². The summed E-state index contributed by atoms with van der Waals surface area (Å²) in [6.07, 6.45) is 0.741. The highest BCUT2D eigenvalue weighted by Crippen LogP contribution is 2.21. The molecule has 1 unspecified atom stereocenters. The molecule has 1 aliphatic rings. The van der Waals surface area contributed by atoms with Crippen molar-refractivity contribution in [3.8, 4) is 0 Å². The first-order valence-electron chi connectivity index (χ1n) is 4.95. The lowest BCUT2D eigenvalue weighted by Crippen LogP contribution is -2.40. The van der Waals surface area contributed by atoms with Gasteiger partial charge in [-0.25, -0.2) is 4.79 Å². The highest BCUT2D eigenvalue weighted by Gasteiger charge is 2.28. The number of amides is 1. The van der Waals surface area contributed by atoms with Crippen molar-refractivity contribution in [2.75, 3.05) is 19.7 Å². The van der Waals surface area contributed by atoms with Gasteiger partial charge in [0, 0.05) is 18.2 Å². The lowest BCUT2D eigenvalue weighted by Gasteiger charge is -2.29. The van der Waals surface area contributed by atoms with Crippen LogP contribution in [0.1, 0.15) is 13.8 Å². The first kappa shape index (κ1) is 11.6. The Bertz CT molecular complexity index is 299. The molecule has 1 atom stereocenters. The van der Waals surface area contributed by atoms with Crippen LogP contribution in [0.15, 0.2) is 11.3 Å². The first-order valence-corrected chi connectivity index (χ1v) is 4.95. The number of hydrogen-bond acceptors (Lipinski definition) is 4. The summed E-state index contributed by atoms with van der Waals surface area (Å²) in [5.74, 6) is -0.434. The van der Waals surface area contributed by atoms with Gasteiger partial charge in [0.25, 0.3) is 0 Å². The Balaban J connectivity index is 2.85. The van der Waals surface area contributed by atoms with Crippen molar-refractivity contribution in [1.29, 1.82) is 0 Å². The molecule has 1 aliphatic heterocycles. The molecular formula is C10H16N2O3. The fourth-order valence-electron chi connectivity index (χ4n) is 1.75. The van der Waals surface area contributed by atoms with Crippen LogP contribution in [-0.2, 0) is 14.3 Å². The molecule has 0 saturated carbocycles. The van der Waals surface area contributed by atoms with Crippen LogP contribution in [0, 0.1) is 5.92 Å². The molecule has 0 radical (unpaired) electrons. The predicted octanol–water partition coefficient (Wildman–Crippen LogP) is -0.130. The maximum absolute atomic E-state index is 11.5. The van der Waals surface area contributed by atoms with Gasteiger partial charge in [-0.15, -0.1) is 0 Å². The van der Waals surface area contributed by atoms with E-state index in [2.05, 4.69) is 0 Å². The second-order valence-corrected chi connectivity index (χ2v) is 3.60. The molecule has 0 bridgehead atoms. The predicted molar refractivity (Wildman–Crippen MR) is 54.6 cm³/mol. The summed E-state index contributed by atoms with van der Waals surface area (Å²) < 4.78 is 4.91. The summed E-state index contributed by atoms with van der Waals surface area (Å²) in [7, 11) is 0. The lowest BCUT2D eigenvalue weighted by molar-refractivity contribution is -0.139. The monoisotopic (exact) mass is 212 g/mol. The molecule has 0 spiro atoms. The zero-order chi connectivity index (χ0) is 11.4. The Morgan fingerprint density at radius 2 is 2.40 bits per heavy atom. The summed E-state index contributed by atoms with van der Waals surface area (Å²) >= 11 is 0. The van der Waals surface area contributed by atoms with Crippen molar-refractivity contribution in [2.24, 2.45) is 11.7 Å². The Morgan fingerprint density at radius 3 is 2.87 bits per heavy atom. The molecule has 5 heteroatoms. The average molecular weight is 212 g/mol. The Morgan fingerprint density at radius 1 is 1.73 bits per heavy atom. The van der Waals surface area contributed by atoms with E-state index < -0.39 is 0 Å². The maximum atomic E-state index is 11.5. The van der Waals surface area contributed by atoms with E-state index in [0.29, 0.717) is 31.0 Å². The van der Waals surface area contributed by atoms with Gasteiger partial charge >= 0.3 is 5.97 Å². The SMILES string of the molecule is CCOC(=O)C1=C(N)CN(C=O)CC1C. The van der Waals surface area contributed by atoms with Gasteiger partial charge < -0.3 is 15.4 Å². The molecule has 5 nitrogen and oxygen atoms in total. The Hall–Kier alpha value is -1.52. The standard InChI is InChI=1S/C10H16N2O3/c1-3-15-10(14)9-7(2)4-12(6-13)5-8(9)11/h6-7H,3-5,11H2,1-2H3. The van der Waals surface area contributed by atoms with Crippen LogP contribution < -0.4 is 5.73 Å². The van der Waals surface area contributed by atoms with E-state index in [1.807, 2.05) is 6.92 Å². The molecule has 2 N–H and O–H groups in total. The summed E-state index contributed by atoms with van der Waals surface area (Å²) in [4.78, 5) is 23.7. The highest BCUT2D eigenvalue weighted by atomic mass is 16.5. The third kappa shape index (κ3) is 2.49. The third-order valence-electron chi connectivity index (χ3n) is 2.36. The molecule has 0 saturated heterocycles. The average Bonchev–Trinajstić information content (AvgIpc) is 2.16. The van der Waals surface area contributed by atoms with E-state index in [-0.39, 0.29) is 11.9 Å². The van der Waals surface area contributed by atoms with E-state index in [4.69, 9.17) is 10.5 Å². The molecular weight excluding hydrogens is 196 g/mol. The smallest absolute Gasteiger partial charge is 0.336 e. The van der Waals surface area contributed by atoms with Crippen LogP contribution in [0.2, 0.25) is 0 Å². The summed E-state index contributed by atoms with van der Waals surface area (Å²) in [5, 5.41) is 0. The van der Waals surface area contributed by atoms with Gasteiger partial charge in [0.15, 0.2) is 0 Å². The minimum absolute atomic E-state index is 0.0667. The summed E-state index contributed by atoms with van der Waals surface area (Å²) in [5.41, 5.74) is 6.68. The van der Waals surface area contributed by atoms with E-state index >= 15 is 0 Å². The van der Waals surface area contributed by atoms with Crippen molar-refractivity contribution in [3.05, 3.63) is 11.3 Å². The van der Waals surface area contributed by atoms with Gasteiger partial charge in [-0.1, -0.05) is 6.92 Å². The van der Waals surface area contributed by atoms with Gasteiger partial charge in [0.2, 0.25) is 6.41 Å². The van der Waals surface area contributed by atoms with Gasteiger partial charge in [-0.2, -0.15) is 0 Å². The molecule has 15 heavy (non-hydrogen) atoms. The quantitative estimate of drug-likeness (QED) is 0.522. The van der Waals surface area contributed by atoms with Gasteiger partial charge in [0.05, 0.1) is 18.7 Å². The van der Waals surface area contributed by atoms with Gasteiger partial charge in [-0.05, 0) is 6.92 Å². The topological polar surface area (TPSA) is 72.6 Å². The molecule has 0 fully saturated rings. The van der Waals surface area contributed by atoms with Crippen LogP contribution in [0.4, 0.5) is 0 Å². The normalized spacial score (nSPS) is 21.5. The number of carbonyl (C=O) groups excluding carboxylic acids is 2. The van der Waals surface area contributed by atoms with E-state index in [1.54, 1.807) is 11.8 Å². The second kappa shape index (κ2) is 4.82. The van der Waals surface area contributed by atoms with Crippen molar-refractivity contribution in [1.82, 2.24) is 4.90 Å². The highest BCUT2D eigenvalue weighted by molar-refractivity contribution is 5.90. The number of nitrogens with two attached hydrogens (primary N) is 1. The fraction of sp³-hybridized carbons (Fsp3) is 0.600. The zero-order valence-electron chi connectivity index (χ0n) is 9.03. The number of hydrogen-bond donors (Lipinski definition) is 1. The van der Waals surface area contributed by atoms with E-state index in [1.165, 1.54) is 0 Å². The van der Waals surface area contributed by atoms with E-state index in [9.17, 15) is 9.59 Å². The molecule has 0 aromatic carbocycles. The van der Waals surface area contributed by atoms with Crippen molar-refractivity contribution < 1.29 is 14.3 Å². The minimum Gasteiger partial charge on any atom is -0.463 e. The first-order chi connectivity index (χ1) is 7.10. The lowest BCUT2D eigenvalue weighted by atomic mass is 9.95.